The van der Waals surface area contributed by atoms with E-state index in [0.717, 1.165) is 5.56 Å². The lowest BCUT2D eigenvalue weighted by atomic mass is 10.1. The quantitative estimate of drug-likeness (QED) is 0.657. The van der Waals surface area contributed by atoms with Crippen LogP contribution in [0.5, 0.6) is 0 Å². The molecule has 0 aliphatic heterocycles. The van der Waals surface area contributed by atoms with Gasteiger partial charge < -0.3 is 4.90 Å². The number of anilines is 1. The van der Waals surface area contributed by atoms with Crippen LogP contribution in [0.4, 0.5) is 11.5 Å². The molecule has 2 rings (SSSR count). The Morgan fingerprint density at radius 3 is 2.26 bits per heavy atom. The maximum Gasteiger partial charge on any atom is 0.287 e. The lowest BCUT2D eigenvalue weighted by Gasteiger charge is -2.26. The van der Waals surface area contributed by atoms with Crippen LogP contribution in [0, 0.1) is 10.1 Å². The number of benzene rings is 1. The molecule has 0 radical (unpaired) electrons. The molecule has 0 amide bonds. The van der Waals surface area contributed by atoms with Crippen LogP contribution in [0.1, 0.15) is 18.5 Å². The molecule has 23 heavy (non-hydrogen) atoms. The third kappa shape index (κ3) is 3.82. The van der Waals surface area contributed by atoms with E-state index in [1.54, 1.807) is 25.2 Å². The Labute approximate surface area is 133 Å². The van der Waals surface area contributed by atoms with Gasteiger partial charge in [0.15, 0.2) is 0 Å². The first kappa shape index (κ1) is 16.8. The van der Waals surface area contributed by atoms with Crippen LogP contribution in [0.2, 0.25) is 0 Å². The molecule has 0 aliphatic carbocycles. The highest BCUT2D eigenvalue weighted by Crippen LogP contribution is 2.25. The summed E-state index contributed by atoms with van der Waals surface area (Å²) in [5.41, 5.74) is 0.785. The van der Waals surface area contributed by atoms with Crippen LogP contribution in [0.15, 0.2) is 47.5 Å². The smallest absolute Gasteiger partial charge is 0.287 e. The second kappa shape index (κ2) is 6.31. The van der Waals surface area contributed by atoms with Crippen LogP contribution < -0.4 is 10.0 Å². The van der Waals surface area contributed by atoms with E-state index < -0.39 is 14.9 Å². The number of primary sulfonamides is 1. The van der Waals surface area contributed by atoms with E-state index in [4.69, 9.17) is 5.14 Å². The molecule has 0 aliphatic rings. The van der Waals surface area contributed by atoms with E-state index in [0.29, 0.717) is 5.82 Å². The average Bonchev–Trinajstić information content (AvgIpc) is 2.53. The summed E-state index contributed by atoms with van der Waals surface area (Å²) in [5.74, 6) is 0.568. The summed E-state index contributed by atoms with van der Waals surface area (Å²) in [7, 11) is -1.92. The Bertz CT molecular complexity index is 804. The Balaban J connectivity index is 2.22. The van der Waals surface area contributed by atoms with Gasteiger partial charge >= 0.3 is 0 Å². The van der Waals surface area contributed by atoms with Crippen molar-refractivity contribution in [2.75, 3.05) is 11.9 Å². The van der Waals surface area contributed by atoms with Crippen molar-refractivity contribution in [2.24, 2.45) is 5.14 Å². The van der Waals surface area contributed by atoms with Gasteiger partial charge in [0, 0.05) is 13.1 Å². The zero-order chi connectivity index (χ0) is 17.2. The molecular formula is C14H16N4O4S. The largest absolute Gasteiger partial charge is 0.353 e. The third-order valence-electron chi connectivity index (χ3n) is 3.58. The molecule has 0 fully saturated rings. The molecule has 0 unspecified atom stereocenters. The monoisotopic (exact) mass is 336 g/mol. The minimum Gasteiger partial charge on any atom is -0.353 e. The molecule has 122 valence electrons. The van der Waals surface area contributed by atoms with Gasteiger partial charge in [0.1, 0.15) is 12.0 Å². The van der Waals surface area contributed by atoms with E-state index in [1.165, 1.54) is 24.4 Å². The number of nitrogens with two attached hydrogens (primary N) is 1. The number of sulfonamides is 1. The van der Waals surface area contributed by atoms with E-state index in [1.807, 2.05) is 11.8 Å². The summed E-state index contributed by atoms with van der Waals surface area (Å²) >= 11 is 0. The van der Waals surface area contributed by atoms with Gasteiger partial charge in [0.05, 0.1) is 15.9 Å². The second-order valence-corrected chi connectivity index (χ2v) is 6.59. The maximum atomic E-state index is 11.3. The first-order valence-electron chi connectivity index (χ1n) is 6.66. The molecule has 1 aromatic heterocycles. The van der Waals surface area contributed by atoms with Crippen molar-refractivity contribution < 1.29 is 13.3 Å². The summed E-state index contributed by atoms with van der Waals surface area (Å²) in [6, 6.07) is 9.07. The van der Waals surface area contributed by atoms with E-state index >= 15 is 0 Å². The van der Waals surface area contributed by atoms with Crippen molar-refractivity contribution in [3.63, 3.8) is 0 Å². The Morgan fingerprint density at radius 2 is 1.83 bits per heavy atom. The first-order valence-corrected chi connectivity index (χ1v) is 8.21. The molecule has 0 saturated heterocycles. The Hall–Kier alpha value is -2.52. The molecular weight excluding hydrogens is 320 g/mol. The van der Waals surface area contributed by atoms with E-state index in [9.17, 15) is 18.5 Å². The van der Waals surface area contributed by atoms with Crippen molar-refractivity contribution >= 4 is 21.5 Å². The highest BCUT2D eigenvalue weighted by atomic mass is 32.2. The lowest BCUT2D eigenvalue weighted by Crippen LogP contribution is -2.22. The zero-order valence-corrected chi connectivity index (χ0v) is 13.4. The molecule has 1 aromatic carbocycles. The summed E-state index contributed by atoms with van der Waals surface area (Å²) in [6.07, 6.45) is 1.20. The Kier molecular flexibility index (Phi) is 4.62. The van der Waals surface area contributed by atoms with Gasteiger partial charge in [-0.2, -0.15) is 0 Å². The van der Waals surface area contributed by atoms with Crippen molar-refractivity contribution in [1.82, 2.24) is 4.98 Å². The van der Waals surface area contributed by atoms with Gasteiger partial charge in [-0.25, -0.2) is 18.5 Å². The number of hydrogen-bond donors (Lipinski definition) is 1. The number of pyridine rings is 1. The standard InChI is InChI=1S/C14H16N4O4S/c1-10(11-3-6-13(7-4-11)23(15,21)22)17(2)14-8-5-12(9-16-14)18(19)20/h3-10H,1-2H3,(H2,15,21,22)/t10-/m1/s1. The number of aromatic nitrogens is 1. The predicted octanol–water partition coefficient (Wildman–Crippen LogP) is 1.83. The third-order valence-corrected chi connectivity index (χ3v) is 4.51. The zero-order valence-electron chi connectivity index (χ0n) is 12.6. The van der Waals surface area contributed by atoms with Gasteiger partial charge in [-0.3, -0.25) is 10.1 Å². The van der Waals surface area contributed by atoms with Crippen LogP contribution in [-0.4, -0.2) is 25.4 Å². The summed E-state index contributed by atoms with van der Waals surface area (Å²) in [6.45, 7) is 1.91. The first-order chi connectivity index (χ1) is 10.7. The minimum atomic E-state index is -3.72. The van der Waals surface area contributed by atoms with Crippen LogP contribution >= 0.6 is 0 Å². The van der Waals surface area contributed by atoms with Gasteiger partial charge in [-0.1, -0.05) is 12.1 Å². The van der Waals surface area contributed by atoms with Crippen molar-refractivity contribution in [3.05, 3.63) is 58.3 Å². The number of hydrogen-bond acceptors (Lipinski definition) is 6. The normalized spacial score (nSPS) is 12.7. The van der Waals surface area contributed by atoms with Gasteiger partial charge in [0.2, 0.25) is 10.0 Å². The highest BCUT2D eigenvalue weighted by molar-refractivity contribution is 7.89. The summed E-state index contributed by atoms with van der Waals surface area (Å²) in [4.78, 5) is 16.1. The minimum absolute atomic E-state index is 0.0459. The second-order valence-electron chi connectivity index (χ2n) is 5.03. The van der Waals surface area contributed by atoms with E-state index in [2.05, 4.69) is 4.98 Å². The van der Waals surface area contributed by atoms with Crippen LogP contribution in [0.3, 0.4) is 0 Å². The van der Waals surface area contributed by atoms with Gasteiger partial charge in [-0.05, 0) is 30.7 Å². The molecule has 9 heteroatoms. The molecule has 0 spiro atoms. The van der Waals surface area contributed by atoms with Crippen molar-refractivity contribution in [1.29, 1.82) is 0 Å². The summed E-state index contributed by atoms with van der Waals surface area (Å²) in [5, 5.41) is 15.7. The number of nitrogens with zero attached hydrogens (tertiary/aromatic N) is 3. The summed E-state index contributed by atoms with van der Waals surface area (Å²) < 4.78 is 22.5. The molecule has 1 atom stereocenters. The molecule has 2 aromatic rings. The van der Waals surface area contributed by atoms with Crippen LogP contribution in [0.25, 0.3) is 0 Å². The molecule has 1 heterocycles. The van der Waals surface area contributed by atoms with E-state index in [-0.39, 0.29) is 16.6 Å². The van der Waals surface area contributed by atoms with Gasteiger partial charge in [-0.15, -0.1) is 0 Å². The topological polar surface area (TPSA) is 119 Å². The molecule has 8 nitrogen and oxygen atoms in total. The fourth-order valence-corrected chi connectivity index (χ4v) is 2.57. The number of nitro groups is 1. The fraction of sp³-hybridized carbons (Fsp3) is 0.214. The molecule has 2 N–H and O–H groups in total. The van der Waals surface area contributed by atoms with Crippen molar-refractivity contribution in [3.8, 4) is 0 Å². The Morgan fingerprint density at radius 1 is 1.22 bits per heavy atom. The maximum absolute atomic E-state index is 11.3. The fourth-order valence-electron chi connectivity index (χ4n) is 2.05. The SMILES string of the molecule is C[C@H](c1ccc(S(N)(=O)=O)cc1)N(C)c1ccc([N+](=O)[O-])cn1. The average molecular weight is 336 g/mol. The molecule has 0 saturated carbocycles. The van der Waals surface area contributed by atoms with Crippen molar-refractivity contribution in [2.45, 2.75) is 17.9 Å². The van der Waals surface area contributed by atoms with Gasteiger partial charge in [0.25, 0.3) is 5.69 Å². The number of rotatable bonds is 5. The highest BCUT2D eigenvalue weighted by Gasteiger charge is 2.16. The molecule has 0 bridgehead atoms. The predicted molar refractivity (Wildman–Crippen MR) is 85.5 cm³/mol. The lowest BCUT2D eigenvalue weighted by molar-refractivity contribution is -0.385. The van der Waals surface area contributed by atoms with Crippen LogP contribution in [-0.2, 0) is 10.0 Å².